The Balaban J connectivity index is 1.79. The van der Waals surface area contributed by atoms with Gasteiger partial charge in [0.05, 0.1) is 5.52 Å². The molecule has 28 heavy (non-hydrogen) atoms. The van der Waals surface area contributed by atoms with Gasteiger partial charge in [-0.25, -0.2) is 9.37 Å². The first-order valence-corrected chi connectivity index (χ1v) is 8.46. The molecule has 0 aliphatic rings. The van der Waals surface area contributed by atoms with Crippen molar-refractivity contribution in [2.45, 2.75) is 22.2 Å². The van der Waals surface area contributed by atoms with Crippen LogP contribution in [0, 0.1) is 0 Å². The summed E-state index contributed by atoms with van der Waals surface area (Å²) < 4.78 is 95.0. The molecule has 0 spiro atoms. The number of para-hydroxylation sites is 1. The van der Waals surface area contributed by atoms with Crippen LogP contribution in [-0.2, 0) is 0 Å². The number of aromatic nitrogens is 1. The van der Waals surface area contributed by atoms with E-state index in [1.165, 1.54) is 0 Å². The van der Waals surface area contributed by atoms with Crippen LogP contribution in [0.5, 0.6) is 11.6 Å². The number of alkyl halides is 7. The van der Waals surface area contributed by atoms with Crippen molar-refractivity contribution >= 4 is 22.7 Å². The van der Waals surface area contributed by atoms with Gasteiger partial charge in [0.15, 0.2) is 0 Å². The lowest BCUT2D eigenvalue weighted by molar-refractivity contribution is -0.302. The number of rotatable bonds is 4. The third-order valence-corrected chi connectivity index (χ3v) is 4.86. The average molecular weight is 421 g/mol. The van der Waals surface area contributed by atoms with Crippen molar-refractivity contribution in [2.75, 3.05) is 0 Å². The number of hydrogen-bond acceptors (Lipinski definition) is 3. The number of halogens is 7. The van der Waals surface area contributed by atoms with E-state index >= 15 is 0 Å². The largest absolute Gasteiger partial charge is 0.441 e. The highest BCUT2D eigenvalue weighted by atomic mass is 32.2. The fourth-order valence-electron chi connectivity index (χ4n) is 2.24. The number of ether oxygens (including phenoxy) is 1. The minimum Gasteiger partial charge on any atom is -0.439 e. The van der Waals surface area contributed by atoms with E-state index in [1.807, 2.05) is 12.1 Å². The number of pyridine rings is 1. The number of thioether (sulfide) groups is 1. The highest BCUT2D eigenvalue weighted by molar-refractivity contribution is 8.00. The number of benzene rings is 2. The molecule has 0 aliphatic heterocycles. The Bertz CT molecular complexity index is 956. The molecule has 2 aromatic carbocycles. The van der Waals surface area contributed by atoms with Crippen molar-refractivity contribution in [3.63, 3.8) is 0 Å². The maximum atomic E-state index is 13.8. The van der Waals surface area contributed by atoms with Gasteiger partial charge in [-0.1, -0.05) is 30.0 Å². The summed E-state index contributed by atoms with van der Waals surface area (Å²) in [5.74, 6) is 0.306. The van der Waals surface area contributed by atoms with Crippen molar-refractivity contribution in [3.8, 4) is 11.6 Å². The Morgan fingerprint density at radius 1 is 0.714 bits per heavy atom. The fourth-order valence-corrected chi connectivity index (χ4v) is 3.07. The van der Waals surface area contributed by atoms with E-state index in [0.29, 0.717) is 5.52 Å². The van der Waals surface area contributed by atoms with Gasteiger partial charge in [0.1, 0.15) is 5.75 Å². The molecule has 0 fully saturated rings. The summed E-state index contributed by atoms with van der Waals surface area (Å²) in [4.78, 5) is 3.67. The Morgan fingerprint density at radius 2 is 1.32 bits per heavy atom. The third kappa shape index (κ3) is 4.01. The first-order valence-electron chi connectivity index (χ1n) is 7.65. The molecule has 2 nitrogen and oxygen atoms in total. The van der Waals surface area contributed by atoms with E-state index in [-0.39, 0.29) is 11.6 Å². The van der Waals surface area contributed by atoms with Gasteiger partial charge in [-0.2, -0.15) is 26.3 Å². The van der Waals surface area contributed by atoms with Gasteiger partial charge in [0.25, 0.3) is 0 Å². The summed E-state index contributed by atoms with van der Waals surface area (Å²) in [6, 6.07) is 14.6. The van der Waals surface area contributed by atoms with Crippen molar-refractivity contribution in [1.29, 1.82) is 0 Å². The first-order chi connectivity index (χ1) is 13.0. The predicted octanol–water partition coefficient (Wildman–Crippen LogP) is 6.91. The molecule has 0 saturated heterocycles. The Kier molecular flexibility index (Phi) is 5.18. The number of hydrogen-bond donors (Lipinski definition) is 0. The van der Waals surface area contributed by atoms with Crippen molar-refractivity contribution < 1.29 is 35.5 Å². The molecule has 0 atom stereocenters. The molecule has 10 heteroatoms. The van der Waals surface area contributed by atoms with Gasteiger partial charge in [0, 0.05) is 16.3 Å². The van der Waals surface area contributed by atoms with Crippen LogP contribution < -0.4 is 4.74 Å². The molecule has 0 bridgehead atoms. The van der Waals surface area contributed by atoms with Crippen LogP contribution in [0.2, 0.25) is 0 Å². The summed E-state index contributed by atoms with van der Waals surface area (Å²) in [5, 5.41) is -4.55. The molecule has 0 unspecified atom stereocenters. The lowest BCUT2D eigenvalue weighted by Gasteiger charge is -2.29. The second-order valence-corrected chi connectivity index (χ2v) is 6.85. The first kappa shape index (κ1) is 20.2. The minimum absolute atomic E-state index is 0.121. The molecule has 0 amide bonds. The van der Waals surface area contributed by atoms with E-state index in [2.05, 4.69) is 4.98 Å². The zero-order valence-corrected chi connectivity index (χ0v) is 14.5. The molecular formula is C18H10F7NOS. The standard InChI is InChI=1S/C18H10F7NOS/c19-16(17(20,21)22,18(23,24)25)28-13-8-6-12(7-9-13)27-15-10-5-11-3-1-2-4-14(11)26-15/h1-10H. The van der Waals surface area contributed by atoms with E-state index in [0.717, 1.165) is 29.7 Å². The van der Waals surface area contributed by atoms with Gasteiger partial charge < -0.3 is 4.74 Å². The zero-order chi connectivity index (χ0) is 20.6. The smallest absolute Gasteiger partial charge is 0.439 e. The fraction of sp³-hybridized carbons (Fsp3) is 0.167. The second kappa shape index (κ2) is 7.16. The normalized spacial score (nSPS) is 13.0. The van der Waals surface area contributed by atoms with E-state index in [9.17, 15) is 30.7 Å². The molecule has 1 aromatic heterocycles. The maximum absolute atomic E-state index is 13.8. The summed E-state index contributed by atoms with van der Waals surface area (Å²) in [6.45, 7) is 0. The van der Waals surface area contributed by atoms with Crippen LogP contribution in [0.1, 0.15) is 0 Å². The van der Waals surface area contributed by atoms with Gasteiger partial charge in [-0.05, 0) is 36.4 Å². The molecule has 1 heterocycles. The third-order valence-electron chi connectivity index (χ3n) is 3.61. The summed E-state index contributed by atoms with van der Waals surface area (Å²) in [7, 11) is 0. The maximum Gasteiger partial charge on any atom is 0.441 e. The van der Waals surface area contributed by atoms with E-state index < -0.39 is 34.0 Å². The highest BCUT2D eigenvalue weighted by Gasteiger charge is 2.73. The number of nitrogens with zero attached hydrogens (tertiary/aromatic N) is 1. The molecular weight excluding hydrogens is 411 g/mol. The van der Waals surface area contributed by atoms with Crippen LogP contribution in [0.25, 0.3) is 10.9 Å². The van der Waals surface area contributed by atoms with Gasteiger partial charge >= 0.3 is 17.4 Å². The lowest BCUT2D eigenvalue weighted by atomic mass is 10.2. The molecule has 0 aliphatic carbocycles. The monoisotopic (exact) mass is 421 g/mol. The van der Waals surface area contributed by atoms with Gasteiger partial charge in [-0.15, -0.1) is 0 Å². The van der Waals surface area contributed by atoms with E-state index in [1.54, 1.807) is 24.3 Å². The van der Waals surface area contributed by atoms with Crippen LogP contribution in [0.15, 0.2) is 65.6 Å². The predicted molar refractivity (Wildman–Crippen MR) is 90.1 cm³/mol. The molecule has 0 N–H and O–H groups in total. The zero-order valence-electron chi connectivity index (χ0n) is 13.7. The SMILES string of the molecule is FC(F)(F)C(F)(Sc1ccc(Oc2ccc3ccccc3n2)cc1)C(F)(F)F. The lowest BCUT2D eigenvalue weighted by Crippen LogP contribution is -2.50. The van der Waals surface area contributed by atoms with Gasteiger partial charge in [0.2, 0.25) is 5.88 Å². The van der Waals surface area contributed by atoms with Crippen molar-refractivity contribution in [3.05, 3.63) is 60.7 Å². The topological polar surface area (TPSA) is 22.1 Å². The summed E-state index contributed by atoms with van der Waals surface area (Å²) >= 11 is -0.966. The van der Waals surface area contributed by atoms with Crippen LogP contribution in [0.3, 0.4) is 0 Å². The molecule has 148 valence electrons. The number of fused-ring (bicyclic) bond motifs is 1. The van der Waals surface area contributed by atoms with Gasteiger partial charge in [-0.3, -0.25) is 0 Å². The van der Waals surface area contributed by atoms with Crippen molar-refractivity contribution in [2.24, 2.45) is 0 Å². The second-order valence-electron chi connectivity index (χ2n) is 5.61. The summed E-state index contributed by atoms with van der Waals surface area (Å²) in [6.07, 6.45) is -12.2. The van der Waals surface area contributed by atoms with Crippen LogP contribution >= 0.6 is 11.8 Å². The van der Waals surface area contributed by atoms with Crippen LogP contribution in [0.4, 0.5) is 30.7 Å². The summed E-state index contributed by atoms with van der Waals surface area (Å²) in [5.41, 5.74) is 0.643. The quantitative estimate of drug-likeness (QED) is 0.338. The van der Waals surface area contributed by atoms with E-state index in [4.69, 9.17) is 4.74 Å². The molecule has 0 saturated carbocycles. The molecule has 0 radical (unpaired) electrons. The highest BCUT2D eigenvalue weighted by Crippen LogP contribution is 2.55. The Hall–Kier alpha value is -2.49. The Labute approximate surface area is 158 Å². The van der Waals surface area contributed by atoms with Crippen LogP contribution in [-0.4, -0.2) is 22.3 Å². The Morgan fingerprint density at radius 3 is 1.93 bits per heavy atom. The molecule has 3 rings (SSSR count). The van der Waals surface area contributed by atoms with Crippen molar-refractivity contribution in [1.82, 2.24) is 4.98 Å². The minimum atomic E-state index is -6.12. The molecule has 3 aromatic rings. The average Bonchev–Trinajstić information content (AvgIpc) is 2.61.